The fourth-order valence-corrected chi connectivity index (χ4v) is 3.46. The van der Waals surface area contributed by atoms with Crippen LogP contribution >= 0.6 is 0 Å². The van der Waals surface area contributed by atoms with Gasteiger partial charge in [0.25, 0.3) is 5.56 Å². The van der Waals surface area contributed by atoms with Gasteiger partial charge in [0, 0.05) is 31.8 Å². The van der Waals surface area contributed by atoms with Crippen LogP contribution < -0.4 is 10.5 Å². The van der Waals surface area contributed by atoms with Crippen molar-refractivity contribution < 1.29 is 14.9 Å². The van der Waals surface area contributed by atoms with E-state index in [0.717, 1.165) is 17.4 Å². The minimum absolute atomic E-state index is 0.0442. The Morgan fingerprint density at radius 3 is 2.73 bits per heavy atom. The molecular formula is C18H22N4O4. The van der Waals surface area contributed by atoms with Gasteiger partial charge in [-0.05, 0) is 25.8 Å². The molecule has 0 spiro atoms. The maximum absolute atomic E-state index is 12.9. The number of aliphatic hydroxyl groups excluding tert-OH is 2. The summed E-state index contributed by atoms with van der Waals surface area (Å²) in [5.74, 6) is 0. The number of rotatable bonds is 4. The molecule has 0 aromatic carbocycles. The minimum Gasteiger partial charge on any atom is -0.392 e. The lowest BCUT2D eigenvalue weighted by molar-refractivity contribution is -0.0132. The monoisotopic (exact) mass is 358 g/mol. The number of pyridine rings is 2. The summed E-state index contributed by atoms with van der Waals surface area (Å²) in [5.41, 5.74) is 0.0346. The molecular weight excluding hydrogens is 336 g/mol. The van der Waals surface area contributed by atoms with Crippen LogP contribution in [0.5, 0.6) is 0 Å². The third kappa shape index (κ3) is 2.94. The Morgan fingerprint density at radius 2 is 2.15 bits per heavy atom. The van der Waals surface area contributed by atoms with Gasteiger partial charge >= 0.3 is 0 Å². The van der Waals surface area contributed by atoms with Crippen LogP contribution in [0.4, 0.5) is 5.69 Å². The second kappa shape index (κ2) is 7.03. The average Bonchev–Trinajstić information content (AvgIpc) is 2.67. The molecule has 1 fully saturated rings. The van der Waals surface area contributed by atoms with Crippen molar-refractivity contribution in [3.63, 3.8) is 0 Å². The summed E-state index contributed by atoms with van der Waals surface area (Å²) in [6.45, 7) is 2.70. The van der Waals surface area contributed by atoms with Gasteiger partial charge in [-0.15, -0.1) is 0 Å². The van der Waals surface area contributed by atoms with Crippen LogP contribution in [0.1, 0.15) is 31.6 Å². The summed E-state index contributed by atoms with van der Waals surface area (Å²) in [5, 5.41) is 29.7. The minimum atomic E-state index is -1.44. The first kappa shape index (κ1) is 18.3. The zero-order chi connectivity index (χ0) is 18.9. The molecule has 8 nitrogen and oxygen atoms in total. The van der Waals surface area contributed by atoms with Crippen molar-refractivity contribution in [2.24, 2.45) is 0 Å². The summed E-state index contributed by atoms with van der Waals surface area (Å²) in [7, 11) is 1.69. The lowest BCUT2D eigenvalue weighted by atomic mass is 9.92. The zero-order valence-corrected chi connectivity index (χ0v) is 14.8. The van der Waals surface area contributed by atoms with Crippen LogP contribution in [0.25, 0.3) is 10.9 Å². The number of hydrogen-bond donors (Lipinski definition) is 2. The number of piperidine rings is 1. The van der Waals surface area contributed by atoms with Gasteiger partial charge in [0.1, 0.15) is 11.6 Å². The number of anilines is 1. The van der Waals surface area contributed by atoms with Crippen LogP contribution in [0.3, 0.4) is 0 Å². The average molecular weight is 358 g/mol. The van der Waals surface area contributed by atoms with Crippen LogP contribution in [-0.2, 0) is 4.74 Å². The number of aromatic nitrogens is 2. The van der Waals surface area contributed by atoms with Crippen LogP contribution in [0.15, 0.2) is 23.3 Å². The molecule has 1 unspecified atom stereocenters. The Hall–Kier alpha value is -2.47. The zero-order valence-electron chi connectivity index (χ0n) is 14.8. The Balaban J connectivity index is 2.21. The second-order valence-corrected chi connectivity index (χ2v) is 6.71. The maximum Gasteiger partial charge on any atom is 0.273 e. The van der Waals surface area contributed by atoms with Crippen molar-refractivity contribution in [2.45, 2.75) is 31.6 Å². The number of fused-ring (bicyclic) bond motifs is 1. The van der Waals surface area contributed by atoms with E-state index in [1.54, 1.807) is 19.4 Å². The van der Waals surface area contributed by atoms with Gasteiger partial charge in [0.15, 0.2) is 6.23 Å². The second-order valence-electron chi connectivity index (χ2n) is 6.71. The molecule has 0 radical (unpaired) electrons. The van der Waals surface area contributed by atoms with Crippen molar-refractivity contribution in [3.8, 4) is 6.07 Å². The van der Waals surface area contributed by atoms with Crippen molar-refractivity contribution in [1.29, 1.82) is 5.26 Å². The van der Waals surface area contributed by atoms with Crippen molar-refractivity contribution >= 4 is 16.6 Å². The number of nitriles is 1. The third-order valence-corrected chi connectivity index (χ3v) is 5.19. The van der Waals surface area contributed by atoms with E-state index in [0.29, 0.717) is 29.7 Å². The summed E-state index contributed by atoms with van der Waals surface area (Å²) < 4.78 is 6.59. The number of ether oxygens (including phenoxy) is 1. The first-order chi connectivity index (χ1) is 12.5. The van der Waals surface area contributed by atoms with Gasteiger partial charge in [-0.1, -0.05) is 0 Å². The molecule has 2 N–H and O–H groups in total. The maximum atomic E-state index is 12.9. The fraction of sp³-hybridized carbons (Fsp3) is 0.500. The Morgan fingerprint density at radius 1 is 1.46 bits per heavy atom. The van der Waals surface area contributed by atoms with Gasteiger partial charge in [-0.3, -0.25) is 14.3 Å². The van der Waals surface area contributed by atoms with Crippen LogP contribution in [0, 0.1) is 11.3 Å². The Labute approximate surface area is 150 Å². The standard InChI is InChI=1S/C18H22N4O4/c1-18(26-2)4-7-21(8-5-18)16-12-3-6-20-10-14(12)22(15(24)11-23)17(25)13(16)9-19/h3,6,10,15,23-24H,4-5,7-8,11H2,1-2H3. The molecule has 2 aromatic heterocycles. The molecule has 0 aliphatic carbocycles. The van der Waals surface area contributed by atoms with Gasteiger partial charge < -0.3 is 19.8 Å². The quantitative estimate of drug-likeness (QED) is 0.830. The molecule has 3 heterocycles. The van der Waals surface area contributed by atoms with E-state index in [2.05, 4.69) is 4.98 Å². The lowest BCUT2D eigenvalue weighted by Gasteiger charge is -2.40. The van der Waals surface area contributed by atoms with E-state index in [9.17, 15) is 20.3 Å². The normalized spacial score (nSPS) is 17.9. The van der Waals surface area contributed by atoms with Crippen molar-refractivity contribution in [1.82, 2.24) is 9.55 Å². The SMILES string of the molecule is COC1(C)CCN(c2c(C#N)c(=O)n(C(O)CO)c3cnccc23)CC1. The van der Waals surface area contributed by atoms with Gasteiger partial charge in [-0.2, -0.15) is 5.26 Å². The van der Waals surface area contributed by atoms with Crippen molar-refractivity contribution in [3.05, 3.63) is 34.4 Å². The predicted octanol–water partition coefficient (Wildman–Crippen LogP) is 0.757. The molecule has 3 rings (SSSR count). The van der Waals surface area contributed by atoms with E-state index in [4.69, 9.17) is 4.74 Å². The smallest absolute Gasteiger partial charge is 0.273 e. The van der Waals surface area contributed by atoms with E-state index >= 15 is 0 Å². The summed E-state index contributed by atoms with van der Waals surface area (Å²) in [4.78, 5) is 18.9. The number of nitrogens with zero attached hydrogens (tertiary/aromatic N) is 4. The summed E-state index contributed by atoms with van der Waals surface area (Å²) >= 11 is 0. The molecule has 8 heteroatoms. The predicted molar refractivity (Wildman–Crippen MR) is 95.9 cm³/mol. The molecule has 0 amide bonds. The largest absolute Gasteiger partial charge is 0.392 e. The molecule has 26 heavy (non-hydrogen) atoms. The summed E-state index contributed by atoms with van der Waals surface area (Å²) in [6, 6.07) is 3.71. The lowest BCUT2D eigenvalue weighted by Crippen LogP contribution is -2.44. The van der Waals surface area contributed by atoms with Gasteiger partial charge in [0.05, 0.1) is 29.6 Å². The molecule has 1 aliphatic rings. The number of hydrogen-bond acceptors (Lipinski definition) is 7. The van der Waals surface area contributed by atoms with Crippen molar-refractivity contribution in [2.75, 3.05) is 31.7 Å². The highest BCUT2D eigenvalue weighted by atomic mass is 16.5. The molecule has 138 valence electrons. The number of aliphatic hydroxyl groups is 2. The molecule has 1 aliphatic heterocycles. The van der Waals surface area contributed by atoms with Gasteiger partial charge in [-0.25, -0.2) is 0 Å². The van der Waals surface area contributed by atoms with Crippen LogP contribution in [0.2, 0.25) is 0 Å². The highest BCUT2D eigenvalue weighted by molar-refractivity contribution is 5.94. The molecule has 1 saturated heterocycles. The van der Waals surface area contributed by atoms with Crippen LogP contribution in [-0.4, -0.2) is 52.2 Å². The van der Waals surface area contributed by atoms with E-state index in [1.807, 2.05) is 17.9 Å². The van der Waals surface area contributed by atoms with E-state index in [-0.39, 0.29) is 11.2 Å². The van der Waals surface area contributed by atoms with E-state index in [1.165, 1.54) is 6.20 Å². The first-order valence-electron chi connectivity index (χ1n) is 8.47. The van der Waals surface area contributed by atoms with E-state index < -0.39 is 18.4 Å². The molecule has 0 bridgehead atoms. The third-order valence-electron chi connectivity index (χ3n) is 5.19. The number of methoxy groups -OCH3 is 1. The topological polar surface area (TPSA) is 112 Å². The highest BCUT2D eigenvalue weighted by Crippen LogP contribution is 2.34. The highest BCUT2D eigenvalue weighted by Gasteiger charge is 2.32. The molecule has 2 aromatic rings. The van der Waals surface area contributed by atoms with Gasteiger partial charge in [0.2, 0.25) is 0 Å². The first-order valence-corrected chi connectivity index (χ1v) is 8.47. The molecule has 1 atom stereocenters. The molecule has 0 saturated carbocycles. The fourth-order valence-electron chi connectivity index (χ4n) is 3.46. The Kier molecular flexibility index (Phi) is 4.96. The Bertz CT molecular complexity index is 910. The summed E-state index contributed by atoms with van der Waals surface area (Å²) in [6.07, 6.45) is 3.14.